The first-order valence-electron chi connectivity index (χ1n) is 6.46. The highest BCUT2D eigenvalue weighted by atomic mass is 16.5. The molecule has 6 nitrogen and oxygen atoms in total. The Morgan fingerprint density at radius 2 is 1.90 bits per heavy atom. The summed E-state index contributed by atoms with van der Waals surface area (Å²) in [6.07, 6.45) is 1.74. The van der Waals surface area contributed by atoms with Crippen LogP contribution in [0.4, 0.5) is 10.5 Å². The van der Waals surface area contributed by atoms with Gasteiger partial charge in [0.05, 0.1) is 6.42 Å². The smallest absolute Gasteiger partial charge is 0.319 e. The molecule has 0 atom stereocenters. The van der Waals surface area contributed by atoms with Crippen molar-refractivity contribution in [2.24, 2.45) is 0 Å². The van der Waals surface area contributed by atoms with Crippen molar-refractivity contribution in [3.05, 3.63) is 29.8 Å². The van der Waals surface area contributed by atoms with E-state index < -0.39 is 5.97 Å². The van der Waals surface area contributed by atoms with E-state index in [1.807, 2.05) is 0 Å². The molecule has 0 fully saturated rings. The van der Waals surface area contributed by atoms with Crippen LogP contribution in [0.5, 0.6) is 0 Å². The van der Waals surface area contributed by atoms with E-state index in [-0.39, 0.29) is 12.5 Å². The first kappa shape index (κ1) is 16.0. The van der Waals surface area contributed by atoms with Crippen LogP contribution in [0.1, 0.15) is 18.4 Å². The Morgan fingerprint density at radius 3 is 2.50 bits per heavy atom. The molecule has 1 aromatic carbocycles. The second-order valence-electron chi connectivity index (χ2n) is 4.35. The van der Waals surface area contributed by atoms with Crippen LogP contribution >= 0.6 is 0 Å². The maximum Gasteiger partial charge on any atom is 0.319 e. The van der Waals surface area contributed by atoms with E-state index in [0.717, 1.165) is 12.8 Å². The van der Waals surface area contributed by atoms with Gasteiger partial charge in [-0.05, 0) is 30.5 Å². The summed E-state index contributed by atoms with van der Waals surface area (Å²) < 4.78 is 4.91. The summed E-state index contributed by atoms with van der Waals surface area (Å²) in [5, 5.41) is 14.1. The van der Waals surface area contributed by atoms with Crippen molar-refractivity contribution in [2.45, 2.75) is 19.3 Å². The van der Waals surface area contributed by atoms with E-state index in [1.54, 1.807) is 31.4 Å². The maximum absolute atomic E-state index is 11.6. The summed E-state index contributed by atoms with van der Waals surface area (Å²) in [4.78, 5) is 22.1. The van der Waals surface area contributed by atoms with E-state index in [2.05, 4.69) is 10.6 Å². The molecule has 0 saturated carbocycles. The minimum Gasteiger partial charge on any atom is -0.481 e. The fraction of sp³-hybridized carbons (Fsp3) is 0.429. The number of methoxy groups -OCH3 is 1. The van der Waals surface area contributed by atoms with Gasteiger partial charge in [-0.25, -0.2) is 4.79 Å². The second-order valence-corrected chi connectivity index (χ2v) is 4.35. The van der Waals surface area contributed by atoms with Crippen LogP contribution in [0, 0.1) is 0 Å². The summed E-state index contributed by atoms with van der Waals surface area (Å²) in [6, 6.07) is 6.46. The molecule has 3 N–H and O–H groups in total. The maximum atomic E-state index is 11.6. The lowest BCUT2D eigenvalue weighted by atomic mass is 10.1. The second kappa shape index (κ2) is 8.92. The zero-order valence-corrected chi connectivity index (χ0v) is 11.5. The zero-order chi connectivity index (χ0) is 14.8. The van der Waals surface area contributed by atoms with E-state index in [0.29, 0.717) is 24.4 Å². The SMILES string of the molecule is COCCCCNC(=O)Nc1ccc(CC(=O)O)cc1. The van der Waals surface area contributed by atoms with Gasteiger partial charge in [0.1, 0.15) is 0 Å². The van der Waals surface area contributed by atoms with Crippen LogP contribution < -0.4 is 10.6 Å². The van der Waals surface area contributed by atoms with Crippen LogP contribution in [0.15, 0.2) is 24.3 Å². The predicted octanol–water partition coefficient (Wildman–Crippen LogP) is 1.86. The third kappa shape index (κ3) is 6.75. The molecular formula is C14H20N2O4. The van der Waals surface area contributed by atoms with E-state index in [4.69, 9.17) is 9.84 Å². The number of amides is 2. The Morgan fingerprint density at radius 1 is 1.20 bits per heavy atom. The first-order valence-corrected chi connectivity index (χ1v) is 6.46. The molecule has 0 aromatic heterocycles. The fourth-order valence-electron chi connectivity index (χ4n) is 1.63. The Bertz CT molecular complexity index is 431. The molecule has 1 rings (SSSR count). The third-order valence-electron chi connectivity index (χ3n) is 2.63. The molecule has 110 valence electrons. The van der Waals surface area contributed by atoms with Gasteiger partial charge in [0.2, 0.25) is 0 Å². The van der Waals surface area contributed by atoms with Crippen LogP contribution in [0.25, 0.3) is 0 Å². The number of hydrogen-bond donors (Lipinski definition) is 3. The van der Waals surface area contributed by atoms with Crippen LogP contribution in [0.3, 0.4) is 0 Å². The number of ether oxygens (including phenoxy) is 1. The van der Waals surface area contributed by atoms with E-state index in [1.165, 1.54) is 0 Å². The van der Waals surface area contributed by atoms with Crippen molar-refractivity contribution in [1.29, 1.82) is 0 Å². The molecule has 0 heterocycles. The number of unbranched alkanes of at least 4 members (excludes halogenated alkanes) is 1. The predicted molar refractivity (Wildman–Crippen MR) is 75.9 cm³/mol. The number of urea groups is 1. The lowest BCUT2D eigenvalue weighted by Crippen LogP contribution is -2.29. The molecule has 0 aliphatic carbocycles. The number of carboxylic acid groups (broad SMARTS) is 1. The molecule has 0 unspecified atom stereocenters. The molecule has 0 bridgehead atoms. The number of carbonyl (C=O) groups is 2. The van der Waals surface area contributed by atoms with Gasteiger partial charge in [0.15, 0.2) is 0 Å². The van der Waals surface area contributed by atoms with Crippen molar-refractivity contribution < 1.29 is 19.4 Å². The molecule has 20 heavy (non-hydrogen) atoms. The molecule has 0 radical (unpaired) electrons. The summed E-state index contributed by atoms with van der Waals surface area (Å²) >= 11 is 0. The number of rotatable bonds is 8. The topological polar surface area (TPSA) is 87.7 Å². The van der Waals surface area contributed by atoms with Crippen LogP contribution in [0.2, 0.25) is 0 Å². The summed E-state index contributed by atoms with van der Waals surface area (Å²) in [5.74, 6) is -0.875. The number of carbonyl (C=O) groups excluding carboxylic acids is 1. The highest BCUT2D eigenvalue weighted by molar-refractivity contribution is 5.89. The average Bonchev–Trinajstić information content (AvgIpc) is 2.40. The van der Waals surface area contributed by atoms with Crippen molar-refractivity contribution in [3.8, 4) is 0 Å². The van der Waals surface area contributed by atoms with Crippen LogP contribution in [-0.2, 0) is 16.0 Å². The molecule has 6 heteroatoms. The van der Waals surface area contributed by atoms with Gasteiger partial charge >= 0.3 is 12.0 Å². The fourth-order valence-corrected chi connectivity index (χ4v) is 1.63. The number of carboxylic acids is 1. The molecule has 0 saturated heterocycles. The Hall–Kier alpha value is -2.08. The number of benzene rings is 1. The lowest BCUT2D eigenvalue weighted by molar-refractivity contribution is -0.136. The Balaban J connectivity index is 2.29. The van der Waals surface area contributed by atoms with Gasteiger partial charge in [0.25, 0.3) is 0 Å². The third-order valence-corrected chi connectivity index (χ3v) is 2.63. The monoisotopic (exact) mass is 280 g/mol. The minimum absolute atomic E-state index is 0.0218. The first-order chi connectivity index (χ1) is 9.61. The van der Waals surface area contributed by atoms with E-state index in [9.17, 15) is 9.59 Å². The molecule has 2 amide bonds. The molecule has 0 spiro atoms. The van der Waals surface area contributed by atoms with Gasteiger partial charge in [-0.15, -0.1) is 0 Å². The van der Waals surface area contributed by atoms with Gasteiger partial charge in [-0.3, -0.25) is 4.79 Å². The molecule has 0 aliphatic heterocycles. The van der Waals surface area contributed by atoms with Gasteiger partial charge < -0.3 is 20.5 Å². The number of nitrogens with one attached hydrogen (secondary N) is 2. The summed E-state index contributed by atoms with van der Waals surface area (Å²) in [5.41, 5.74) is 1.33. The van der Waals surface area contributed by atoms with Gasteiger partial charge in [-0.2, -0.15) is 0 Å². The lowest BCUT2D eigenvalue weighted by Gasteiger charge is -2.08. The van der Waals surface area contributed by atoms with Crippen LogP contribution in [-0.4, -0.2) is 37.4 Å². The number of hydrogen-bond acceptors (Lipinski definition) is 3. The van der Waals surface area contributed by atoms with Crippen molar-refractivity contribution in [1.82, 2.24) is 5.32 Å². The summed E-state index contributed by atoms with van der Waals surface area (Å²) in [7, 11) is 1.65. The highest BCUT2D eigenvalue weighted by Crippen LogP contribution is 2.09. The number of aliphatic carboxylic acids is 1. The van der Waals surface area contributed by atoms with Crippen molar-refractivity contribution in [3.63, 3.8) is 0 Å². The minimum atomic E-state index is -0.875. The van der Waals surface area contributed by atoms with Crippen molar-refractivity contribution >= 4 is 17.7 Å². The van der Waals surface area contributed by atoms with Gasteiger partial charge in [-0.1, -0.05) is 12.1 Å². The van der Waals surface area contributed by atoms with Gasteiger partial charge in [0, 0.05) is 25.9 Å². The zero-order valence-electron chi connectivity index (χ0n) is 11.5. The highest BCUT2D eigenvalue weighted by Gasteiger charge is 2.03. The van der Waals surface area contributed by atoms with E-state index >= 15 is 0 Å². The number of anilines is 1. The largest absolute Gasteiger partial charge is 0.481 e. The quantitative estimate of drug-likeness (QED) is 0.634. The molecular weight excluding hydrogens is 260 g/mol. The average molecular weight is 280 g/mol. The Kier molecular flexibility index (Phi) is 7.13. The van der Waals surface area contributed by atoms with Crippen molar-refractivity contribution in [2.75, 3.05) is 25.6 Å². The Labute approximate surface area is 118 Å². The summed E-state index contributed by atoms with van der Waals surface area (Å²) in [6.45, 7) is 1.28. The molecule has 0 aliphatic rings. The molecule has 1 aromatic rings. The normalized spacial score (nSPS) is 10.1. The standard InChI is InChI=1S/C14H20N2O4/c1-20-9-3-2-8-15-14(19)16-12-6-4-11(5-7-12)10-13(17)18/h4-7H,2-3,8-10H2,1H3,(H,17,18)(H2,15,16,19).